The Bertz CT molecular complexity index is 251. The summed E-state index contributed by atoms with van der Waals surface area (Å²) in [4.78, 5) is 6.83. The fourth-order valence-electron chi connectivity index (χ4n) is 0.461. The highest BCUT2D eigenvalue weighted by Gasteiger charge is 1.94. The van der Waals surface area contributed by atoms with Crippen LogP contribution in [0.15, 0.2) is 18.3 Å². The zero-order chi connectivity index (χ0) is 6.69. The molecule has 0 saturated heterocycles. The van der Waals surface area contributed by atoms with E-state index in [4.69, 9.17) is 18.2 Å². The zero-order valence-electron chi connectivity index (χ0n) is 4.50. The van der Waals surface area contributed by atoms with Crippen LogP contribution in [-0.2, 0) is 0 Å². The van der Waals surface area contributed by atoms with Crippen LogP contribution >= 0.6 is 11.6 Å². The lowest BCUT2D eigenvalue weighted by Crippen LogP contribution is -1.69. The first kappa shape index (κ1) is 6.06. The lowest BCUT2D eigenvalue weighted by Gasteiger charge is -1.87. The van der Waals surface area contributed by atoms with Gasteiger partial charge >= 0.3 is 0 Å². The summed E-state index contributed by atoms with van der Waals surface area (Å²) in [5.74, 6) is 0. The Labute approximate surface area is 57.9 Å². The molecule has 0 unspecified atom stereocenters. The maximum atomic E-state index is 6.59. The summed E-state index contributed by atoms with van der Waals surface area (Å²) in [5, 5.41) is 0.271. The molecular formula is C6H3ClN2. The van der Waals surface area contributed by atoms with Gasteiger partial charge in [0.15, 0.2) is 0 Å². The van der Waals surface area contributed by atoms with Gasteiger partial charge in [-0.1, -0.05) is 23.7 Å². The number of halogens is 1. The van der Waals surface area contributed by atoms with E-state index in [9.17, 15) is 0 Å². The number of pyridine rings is 1. The van der Waals surface area contributed by atoms with Gasteiger partial charge in [-0.2, -0.15) is 0 Å². The van der Waals surface area contributed by atoms with E-state index in [2.05, 4.69) is 9.83 Å². The Morgan fingerprint density at radius 1 is 1.67 bits per heavy atom. The lowest BCUT2D eigenvalue weighted by atomic mass is 10.4. The maximum absolute atomic E-state index is 6.59. The quantitative estimate of drug-likeness (QED) is 0.397. The molecule has 0 aliphatic carbocycles. The van der Waals surface area contributed by atoms with Gasteiger partial charge in [0, 0.05) is 6.20 Å². The Morgan fingerprint density at radius 3 is 2.89 bits per heavy atom. The molecule has 0 aliphatic heterocycles. The van der Waals surface area contributed by atoms with E-state index in [0.29, 0.717) is 5.69 Å². The van der Waals surface area contributed by atoms with Crippen LogP contribution in [0.3, 0.4) is 0 Å². The molecular weight excluding hydrogens is 136 g/mol. The van der Waals surface area contributed by atoms with Crippen molar-refractivity contribution in [1.29, 1.82) is 0 Å². The first-order chi connectivity index (χ1) is 4.34. The van der Waals surface area contributed by atoms with E-state index in [0.717, 1.165) is 0 Å². The van der Waals surface area contributed by atoms with E-state index < -0.39 is 0 Å². The smallest absolute Gasteiger partial charge is 0.223 e. The Balaban J connectivity index is 3.20. The number of hydrogen-bond acceptors (Lipinski definition) is 1. The number of aromatic nitrogens is 1. The molecule has 0 N–H and O–H groups in total. The topological polar surface area (TPSA) is 17.2 Å². The molecule has 0 atom stereocenters. The van der Waals surface area contributed by atoms with Crippen LogP contribution in [0.5, 0.6) is 0 Å². The predicted molar refractivity (Wildman–Crippen MR) is 35.5 cm³/mol. The minimum Gasteiger partial charge on any atom is -0.256 e. The first-order valence-corrected chi connectivity index (χ1v) is 2.70. The van der Waals surface area contributed by atoms with Crippen LogP contribution in [0.4, 0.5) is 5.69 Å². The van der Waals surface area contributed by atoms with Gasteiger partial charge in [-0.15, -0.1) is 0 Å². The molecule has 3 heteroatoms. The average molecular weight is 139 g/mol. The van der Waals surface area contributed by atoms with Crippen molar-refractivity contribution < 1.29 is 0 Å². The maximum Gasteiger partial charge on any atom is 0.223 e. The van der Waals surface area contributed by atoms with E-state index in [1.807, 2.05) is 0 Å². The van der Waals surface area contributed by atoms with Gasteiger partial charge < -0.3 is 0 Å². The molecule has 2 nitrogen and oxygen atoms in total. The molecule has 0 aliphatic rings. The van der Waals surface area contributed by atoms with Crippen LogP contribution in [0.1, 0.15) is 0 Å². The van der Waals surface area contributed by atoms with Gasteiger partial charge in [-0.3, -0.25) is 4.98 Å². The van der Waals surface area contributed by atoms with E-state index >= 15 is 0 Å². The molecule has 0 aromatic carbocycles. The minimum atomic E-state index is 0.271. The van der Waals surface area contributed by atoms with Gasteiger partial charge in [-0.25, -0.2) is 4.85 Å². The molecule has 1 rings (SSSR count). The van der Waals surface area contributed by atoms with Gasteiger partial charge in [0.1, 0.15) is 5.15 Å². The summed E-state index contributed by atoms with van der Waals surface area (Å²) in [6.07, 6.45) is 1.55. The van der Waals surface area contributed by atoms with Crippen LogP contribution in [-0.4, -0.2) is 4.98 Å². The Hall–Kier alpha value is -1.07. The number of rotatable bonds is 0. The zero-order valence-corrected chi connectivity index (χ0v) is 5.26. The third-order valence-corrected chi connectivity index (χ3v) is 1.15. The molecule has 0 saturated carbocycles. The third kappa shape index (κ3) is 1.18. The molecule has 0 amide bonds. The molecule has 1 aromatic heterocycles. The highest BCUT2D eigenvalue weighted by atomic mass is 35.5. The molecule has 9 heavy (non-hydrogen) atoms. The summed E-state index contributed by atoms with van der Waals surface area (Å²) < 4.78 is 0. The number of nitrogens with zero attached hydrogens (tertiary/aromatic N) is 2. The monoisotopic (exact) mass is 138 g/mol. The second-order valence-electron chi connectivity index (χ2n) is 1.43. The van der Waals surface area contributed by atoms with Gasteiger partial charge in [0.25, 0.3) is 0 Å². The van der Waals surface area contributed by atoms with Crippen LogP contribution in [0.25, 0.3) is 4.85 Å². The molecule has 0 radical (unpaired) electrons. The summed E-state index contributed by atoms with van der Waals surface area (Å²) in [6.45, 7) is 6.59. The van der Waals surface area contributed by atoms with Crippen LogP contribution in [0.2, 0.25) is 5.15 Å². The second-order valence-corrected chi connectivity index (χ2v) is 1.78. The van der Waals surface area contributed by atoms with Crippen molar-refractivity contribution in [1.82, 2.24) is 4.98 Å². The molecule has 44 valence electrons. The highest BCUT2D eigenvalue weighted by molar-refractivity contribution is 6.32. The van der Waals surface area contributed by atoms with E-state index in [1.54, 1.807) is 18.3 Å². The van der Waals surface area contributed by atoms with E-state index in [1.165, 1.54) is 0 Å². The van der Waals surface area contributed by atoms with Crippen molar-refractivity contribution in [2.45, 2.75) is 0 Å². The van der Waals surface area contributed by atoms with Gasteiger partial charge in [0.2, 0.25) is 5.69 Å². The minimum absolute atomic E-state index is 0.271. The third-order valence-electron chi connectivity index (χ3n) is 0.860. The predicted octanol–water partition coefficient (Wildman–Crippen LogP) is 2.29. The van der Waals surface area contributed by atoms with Crippen molar-refractivity contribution in [3.8, 4) is 0 Å². The van der Waals surface area contributed by atoms with Crippen molar-refractivity contribution in [2.24, 2.45) is 0 Å². The SMILES string of the molecule is [C-]#[N+]c1cccnc1Cl. The van der Waals surface area contributed by atoms with Gasteiger partial charge in [-0.05, 0) is 0 Å². The van der Waals surface area contributed by atoms with Crippen molar-refractivity contribution in [3.63, 3.8) is 0 Å². The Morgan fingerprint density at radius 2 is 2.44 bits per heavy atom. The lowest BCUT2D eigenvalue weighted by molar-refractivity contribution is 1.34. The molecule has 0 fully saturated rings. The summed E-state index contributed by atoms with van der Waals surface area (Å²) in [6, 6.07) is 3.31. The summed E-state index contributed by atoms with van der Waals surface area (Å²) in [5.41, 5.74) is 0.402. The average Bonchev–Trinajstić information content (AvgIpc) is 1.89. The summed E-state index contributed by atoms with van der Waals surface area (Å²) >= 11 is 5.50. The van der Waals surface area contributed by atoms with Crippen molar-refractivity contribution in [3.05, 3.63) is 34.9 Å². The Kier molecular flexibility index (Phi) is 1.66. The molecule has 1 aromatic rings. The van der Waals surface area contributed by atoms with Crippen molar-refractivity contribution >= 4 is 17.3 Å². The van der Waals surface area contributed by atoms with Crippen LogP contribution in [0, 0.1) is 6.57 Å². The molecule has 0 bridgehead atoms. The molecule has 0 spiro atoms. The standard InChI is InChI=1S/C6H3ClN2/c1-8-5-3-2-4-9-6(5)7/h2-4H. The second kappa shape index (κ2) is 2.47. The van der Waals surface area contributed by atoms with E-state index in [-0.39, 0.29) is 5.15 Å². The largest absolute Gasteiger partial charge is 0.256 e. The highest BCUT2D eigenvalue weighted by Crippen LogP contribution is 2.19. The van der Waals surface area contributed by atoms with Crippen LogP contribution < -0.4 is 0 Å². The van der Waals surface area contributed by atoms with Crippen molar-refractivity contribution in [2.75, 3.05) is 0 Å². The molecule has 1 heterocycles. The normalized spacial score (nSPS) is 8.44. The number of hydrogen-bond donors (Lipinski definition) is 0. The first-order valence-electron chi connectivity index (χ1n) is 2.32. The fraction of sp³-hybridized carbons (Fsp3) is 0. The van der Waals surface area contributed by atoms with Gasteiger partial charge in [0.05, 0.1) is 6.57 Å². The summed E-state index contributed by atoms with van der Waals surface area (Å²) in [7, 11) is 0. The fourth-order valence-corrected chi connectivity index (χ4v) is 0.623.